The minimum Gasteiger partial charge on any atom is -0.490 e. The van der Waals surface area contributed by atoms with Gasteiger partial charge in [-0.3, -0.25) is 9.59 Å². The highest BCUT2D eigenvalue weighted by Gasteiger charge is 2.31. The van der Waals surface area contributed by atoms with Crippen LogP contribution in [0.25, 0.3) is 0 Å². The Kier molecular flexibility index (Phi) is 9.55. The molecule has 1 heterocycles. The van der Waals surface area contributed by atoms with Crippen molar-refractivity contribution in [2.75, 3.05) is 19.0 Å². The number of ether oxygens (including phenoxy) is 3. The number of nitrogens with zero attached hydrogens (tertiary/aromatic N) is 1. The summed E-state index contributed by atoms with van der Waals surface area (Å²) in [4.78, 5) is 35.6. The van der Waals surface area contributed by atoms with Crippen LogP contribution in [0.1, 0.15) is 34.4 Å². The van der Waals surface area contributed by atoms with Gasteiger partial charge in [0.15, 0.2) is 11.5 Å². The number of nitrogens with one attached hydrogen (secondary N) is 2. The van der Waals surface area contributed by atoms with Gasteiger partial charge >= 0.3 is 24.0 Å². The van der Waals surface area contributed by atoms with Crippen molar-refractivity contribution in [2.45, 2.75) is 19.7 Å². The average molecular weight is 568 g/mol. The molecule has 206 valence electrons. The lowest BCUT2D eigenvalue weighted by molar-refractivity contribution is -0.137. The van der Waals surface area contributed by atoms with E-state index in [0.29, 0.717) is 35.5 Å². The predicted octanol–water partition coefficient (Wildman–Crippen LogP) is 4.80. The fraction of sp³-hybridized carbons (Fsp3) is 0.200. The van der Waals surface area contributed by atoms with Crippen molar-refractivity contribution >= 4 is 41.3 Å². The Labute approximate surface area is 224 Å². The van der Waals surface area contributed by atoms with Crippen LogP contribution in [-0.4, -0.2) is 37.7 Å². The molecule has 0 radical (unpaired) electrons. The van der Waals surface area contributed by atoms with Gasteiger partial charge in [0.1, 0.15) is 12.4 Å². The second-order valence-corrected chi connectivity index (χ2v) is 7.94. The molecular formula is C25H21ClF3N3O7. The van der Waals surface area contributed by atoms with E-state index in [1.807, 2.05) is 10.7 Å². The van der Waals surface area contributed by atoms with Crippen LogP contribution in [0.2, 0.25) is 5.02 Å². The molecule has 2 amide bonds. The third-order valence-electron chi connectivity index (χ3n) is 4.81. The van der Waals surface area contributed by atoms with Crippen molar-refractivity contribution in [1.29, 1.82) is 0 Å². The number of hydrazone groups is 1. The molecule has 0 aliphatic heterocycles. The van der Waals surface area contributed by atoms with Gasteiger partial charge in [-0.25, -0.2) is 10.2 Å². The van der Waals surface area contributed by atoms with Gasteiger partial charge in [0, 0.05) is 0 Å². The predicted molar refractivity (Wildman–Crippen MR) is 133 cm³/mol. The summed E-state index contributed by atoms with van der Waals surface area (Å²) in [5.74, 6) is -2.05. The van der Waals surface area contributed by atoms with Gasteiger partial charge in [0.2, 0.25) is 5.76 Å². The highest BCUT2D eigenvalue weighted by Crippen LogP contribution is 2.34. The van der Waals surface area contributed by atoms with Crippen molar-refractivity contribution in [1.82, 2.24) is 5.43 Å². The van der Waals surface area contributed by atoms with Crippen LogP contribution in [0.15, 0.2) is 58.0 Å². The second-order valence-electron chi connectivity index (χ2n) is 7.53. The molecule has 0 fully saturated rings. The molecule has 2 N–H and O–H groups in total. The molecule has 0 bridgehead atoms. The zero-order valence-corrected chi connectivity index (χ0v) is 21.2. The van der Waals surface area contributed by atoms with Crippen LogP contribution in [0.5, 0.6) is 11.5 Å². The molecule has 0 saturated carbocycles. The first-order valence-electron chi connectivity index (χ1n) is 11.1. The van der Waals surface area contributed by atoms with E-state index in [-0.39, 0.29) is 23.1 Å². The third kappa shape index (κ3) is 7.98. The van der Waals surface area contributed by atoms with Crippen LogP contribution in [-0.2, 0) is 27.1 Å². The quantitative estimate of drug-likeness (QED) is 0.164. The normalized spacial score (nSPS) is 11.2. The van der Waals surface area contributed by atoms with Crippen LogP contribution in [0, 0.1) is 0 Å². The molecule has 0 saturated heterocycles. The average Bonchev–Trinajstić information content (AvgIpc) is 3.37. The van der Waals surface area contributed by atoms with Crippen LogP contribution < -0.4 is 20.2 Å². The number of alkyl halides is 3. The molecule has 3 rings (SSSR count). The van der Waals surface area contributed by atoms with Crippen LogP contribution >= 0.6 is 11.6 Å². The second kappa shape index (κ2) is 12.8. The lowest BCUT2D eigenvalue weighted by atomic mass is 10.2. The Balaban J connectivity index is 1.61. The number of methoxy groups -OCH3 is 1. The van der Waals surface area contributed by atoms with Gasteiger partial charge in [-0.15, -0.1) is 0 Å². The summed E-state index contributed by atoms with van der Waals surface area (Å²) in [6.07, 6.45) is -3.45. The fourth-order valence-corrected chi connectivity index (χ4v) is 3.16. The van der Waals surface area contributed by atoms with Crippen molar-refractivity contribution in [3.8, 4) is 11.5 Å². The number of amides is 2. The van der Waals surface area contributed by atoms with Crippen molar-refractivity contribution < 1.29 is 46.2 Å². The van der Waals surface area contributed by atoms with E-state index < -0.39 is 29.5 Å². The molecule has 2 aromatic carbocycles. The molecular weight excluding hydrogens is 547 g/mol. The number of esters is 1. The molecule has 39 heavy (non-hydrogen) atoms. The summed E-state index contributed by atoms with van der Waals surface area (Å²) >= 11 is 5.82. The van der Waals surface area contributed by atoms with Gasteiger partial charge in [-0.05, 0) is 61.0 Å². The number of anilines is 1. The maximum atomic E-state index is 12.9. The molecule has 0 aliphatic rings. The molecule has 14 heteroatoms. The number of hydrogen-bond donors (Lipinski definition) is 2. The van der Waals surface area contributed by atoms with Gasteiger partial charge < -0.3 is 23.9 Å². The molecule has 1 aromatic heterocycles. The minimum absolute atomic E-state index is 0.00836. The monoisotopic (exact) mass is 567 g/mol. The van der Waals surface area contributed by atoms with Crippen LogP contribution in [0.3, 0.4) is 0 Å². The molecule has 3 aromatic rings. The Morgan fingerprint density at radius 2 is 1.79 bits per heavy atom. The highest BCUT2D eigenvalue weighted by atomic mass is 35.5. The van der Waals surface area contributed by atoms with E-state index in [9.17, 15) is 27.6 Å². The van der Waals surface area contributed by atoms with E-state index in [1.54, 1.807) is 31.2 Å². The number of hydrogen-bond acceptors (Lipinski definition) is 8. The number of rotatable bonds is 9. The van der Waals surface area contributed by atoms with Gasteiger partial charge in [-0.1, -0.05) is 11.6 Å². The zero-order chi connectivity index (χ0) is 28.6. The largest absolute Gasteiger partial charge is 0.490 e. The van der Waals surface area contributed by atoms with E-state index >= 15 is 0 Å². The number of furan rings is 1. The zero-order valence-electron chi connectivity index (χ0n) is 20.4. The summed E-state index contributed by atoms with van der Waals surface area (Å²) in [7, 11) is 1.23. The van der Waals surface area contributed by atoms with E-state index in [0.717, 1.165) is 12.1 Å². The highest BCUT2D eigenvalue weighted by molar-refractivity contribution is 6.41. The van der Waals surface area contributed by atoms with Crippen LogP contribution in [0.4, 0.5) is 18.9 Å². The molecule has 0 unspecified atom stereocenters. The minimum atomic E-state index is -4.66. The summed E-state index contributed by atoms with van der Waals surface area (Å²) in [6, 6.07) is 10.0. The first-order valence-corrected chi connectivity index (χ1v) is 11.5. The maximum Gasteiger partial charge on any atom is 0.416 e. The Hall–Kier alpha value is -4.52. The summed E-state index contributed by atoms with van der Waals surface area (Å²) < 4.78 is 59.9. The Morgan fingerprint density at radius 1 is 1.03 bits per heavy atom. The maximum absolute atomic E-state index is 12.9. The summed E-state index contributed by atoms with van der Waals surface area (Å²) in [6.45, 7) is 2.06. The lowest BCUT2D eigenvalue weighted by Gasteiger charge is -2.12. The Morgan fingerprint density at radius 3 is 2.49 bits per heavy atom. The smallest absolute Gasteiger partial charge is 0.416 e. The first-order chi connectivity index (χ1) is 18.5. The topological polar surface area (TPSA) is 128 Å². The third-order valence-corrected chi connectivity index (χ3v) is 5.14. The number of carbonyl (C=O) groups is 3. The van der Waals surface area contributed by atoms with Crippen molar-refractivity contribution in [2.24, 2.45) is 5.10 Å². The SMILES string of the molecule is CCOc1cc(/C=N/NC(=O)C(=O)Nc2cc(C(F)(F)F)ccc2Cl)ccc1OCc1ccc(C(=O)OC)o1. The molecule has 0 aliphatic carbocycles. The Bertz CT molecular complexity index is 1390. The first kappa shape index (κ1) is 29.0. The van der Waals surface area contributed by atoms with E-state index in [4.69, 9.17) is 25.5 Å². The molecule has 0 atom stereocenters. The van der Waals surface area contributed by atoms with Gasteiger partial charge in [0.25, 0.3) is 0 Å². The van der Waals surface area contributed by atoms with E-state index in [2.05, 4.69) is 9.84 Å². The van der Waals surface area contributed by atoms with Gasteiger partial charge in [-0.2, -0.15) is 18.3 Å². The number of benzene rings is 2. The fourth-order valence-electron chi connectivity index (χ4n) is 3.00. The standard InChI is InChI=1S/C25H21ClF3N3O7/c1-3-37-21-10-14(4-8-19(21)38-13-16-6-9-20(39-16)24(35)36-2)12-30-32-23(34)22(33)31-18-11-15(25(27,28)29)5-7-17(18)26/h4-12H,3,13H2,1-2H3,(H,31,33)(H,32,34)/b30-12+. The van der Waals surface area contributed by atoms with Crippen molar-refractivity contribution in [3.63, 3.8) is 0 Å². The summed E-state index contributed by atoms with van der Waals surface area (Å²) in [5, 5.41) is 5.51. The lowest BCUT2D eigenvalue weighted by Crippen LogP contribution is -2.32. The summed E-state index contributed by atoms with van der Waals surface area (Å²) in [5.41, 5.74) is 0.999. The number of carbonyl (C=O) groups excluding carboxylic acids is 3. The molecule has 0 spiro atoms. The number of halogens is 4. The molecule has 10 nitrogen and oxygen atoms in total. The van der Waals surface area contributed by atoms with Gasteiger partial charge in [0.05, 0.1) is 36.2 Å². The van der Waals surface area contributed by atoms with Crippen molar-refractivity contribution in [3.05, 3.63) is 76.2 Å². The van der Waals surface area contributed by atoms with E-state index in [1.165, 1.54) is 19.4 Å².